The fraction of sp³-hybridized carbons (Fsp3) is 0. The Morgan fingerprint density at radius 2 is 1.61 bits per heavy atom. The molecule has 0 bridgehead atoms. The van der Waals surface area contributed by atoms with Gasteiger partial charge in [-0.25, -0.2) is 4.79 Å². The molecule has 1 heterocycles. The molecule has 1 aromatic heterocycles. The fourth-order valence-electron chi connectivity index (χ4n) is 1.87. The number of aromatic nitrogens is 1. The van der Waals surface area contributed by atoms with Gasteiger partial charge in [0.25, 0.3) is 0 Å². The van der Waals surface area contributed by atoms with E-state index in [0.717, 1.165) is 10.9 Å². The van der Waals surface area contributed by atoms with Crippen LogP contribution in [0.3, 0.4) is 0 Å². The normalized spacial score (nSPS) is 10.7. The molecule has 0 aliphatic rings. The van der Waals surface area contributed by atoms with E-state index in [4.69, 9.17) is 16.1 Å². The van der Waals surface area contributed by atoms with Crippen molar-refractivity contribution < 1.29 is 4.52 Å². The molecular weight excluding hydrogens is 250 g/mol. The van der Waals surface area contributed by atoms with Crippen molar-refractivity contribution in [3.8, 4) is 11.3 Å². The second-order valence-electron chi connectivity index (χ2n) is 3.87. The molecule has 4 heteroatoms. The lowest BCUT2D eigenvalue weighted by Gasteiger charge is -2.03. The maximum absolute atomic E-state index is 11.6. The van der Waals surface area contributed by atoms with Crippen LogP contribution in [0.25, 0.3) is 22.0 Å². The molecule has 0 N–H and O–H groups in total. The molecule has 3 nitrogen and oxygen atoms in total. The van der Waals surface area contributed by atoms with Gasteiger partial charge >= 0.3 is 5.63 Å². The number of halogens is 1. The molecule has 0 saturated heterocycles. The van der Waals surface area contributed by atoms with E-state index >= 15 is 0 Å². The number of nitrogens with zero attached hydrogens (tertiary/aromatic N) is 1. The Morgan fingerprint density at radius 3 is 2.33 bits per heavy atom. The third-order valence-corrected chi connectivity index (χ3v) is 2.99. The number of hydrogen-bond donors (Lipinski definition) is 0. The Bertz CT molecular complexity index is 763. The maximum Gasteiger partial charge on any atom is 0.366 e. The summed E-state index contributed by atoms with van der Waals surface area (Å²) in [6.07, 6.45) is 0. The van der Waals surface area contributed by atoms with Crippen LogP contribution in [0.4, 0.5) is 0 Å². The van der Waals surface area contributed by atoms with Crippen molar-refractivity contribution in [1.29, 1.82) is 0 Å². The van der Waals surface area contributed by atoms with Crippen molar-refractivity contribution in [2.75, 3.05) is 0 Å². The van der Waals surface area contributed by atoms with E-state index in [0.29, 0.717) is 16.1 Å². The molecule has 0 fully saturated rings. The molecule has 0 saturated carbocycles. The van der Waals surface area contributed by atoms with E-state index in [1.165, 1.54) is 0 Å². The third kappa shape index (κ3) is 1.79. The first kappa shape index (κ1) is 11.0. The zero-order chi connectivity index (χ0) is 12.5. The summed E-state index contributed by atoms with van der Waals surface area (Å²) in [6, 6.07) is 14.5. The summed E-state index contributed by atoms with van der Waals surface area (Å²) in [5.74, 6) is 0. The van der Waals surface area contributed by atoms with Crippen LogP contribution in [0.1, 0.15) is 0 Å². The molecule has 0 unspecified atom stereocenters. The average molecular weight is 258 g/mol. The maximum atomic E-state index is 11.6. The summed E-state index contributed by atoms with van der Waals surface area (Å²) in [5, 5.41) is 5.83. The summed E-state index contributed by atoms with van der Waals surface area (Å²) in [4.78, 5) is 11.6. The predicted molar refractivity (Wildman–Crippen MR) is 70.7 cm³/mol. The quantitative estimate of drug-likeness (QED) is 0.670. The summed E-state index contributed by atoms with van der Waals surface area (Å²) < 4.78 is 4.82. The van der Waals surface area contributed by atoms with Gasteiger partial charge in [-0.05, 0) is 18.2 Å². The topological polar surface area (TPSA) is 43.1 Å². The summed E-state index contributed by atoms with van der Waals surface area (Å²) >= 11 is 5.85. The first-order chi connectivity index (χ1) is 8.75. The fourth-order valence-corrected chi connectivity index (χ4v) is 2.00. The van der Waals surface area contributed by atoms with Crippen LogP contribution in [-0.4, -0.2) is 5.16 Å². The minimum atomic E-state index is -0.427. The second-order valence-corrected chi connectivity index (χ2v) is 4.31. The first-order valence-electron chi connectivity index (χ1n) is 5.40. The largest absolute Gasteiger partial charge is 0.366 e. The molecule has 0 aliphatic heterocycles. The Labute approximate surface area is 108 Å². The Hall–Kier alpha value is -2.13. The molecular formula is C14H8ClNO2. The monoisotopic (exact) mass is 257 g/mol. The average Bonchev–Trinajstić information content (AvgIpc) is 2.41. The zero-order valence-corrected chi connectivity index (χ0v) is 10.0. The van der Waals surface area contributed by atoms with Crippen molar-refractivity contribution in [2.24, 2.45) is 0 Å². The lowest BCUT2D eigenvalue weighted by Crippen LogP contribution is -2.02. The standard InChI is InChI=1S/C14H8ClNO2/c15-10-7-5-9(6-8-10)13-11-3-1-2-4-12(11)14(17)18-16-13/h1-8H. The van der Waals surface area contributed by atoms with Crippen molar-refractivity contribution in [3.63, 3.8) is 0 Å². The highest BCUT2D eigenvalue weighted by atomic mass is 35.5. The Balaban J connectivity index is 2.33. The van der Waals surface area contributed by atoms with Crippen molar-refractivity contribution in [1.82, 2.24) is 5.16 Å². The molecule has 2 aromatic carbocycles. The van der Waals surface area contributed by atoms with Crippen LogP contribution in [0, 0.1) is 0 Å². The van der Waals surface area contributed by atoms with Gasteiger partial charge in [-0.15, -0.1) is 0 Å². The summed E-state index contributed by atoms with van der Waals surface area (Å²) in [6.45, 7) is 0. The van der Waals surface area contributed by atoms with E-state index in [-0.39, 0.29) is 0 Å². The second kappa shape index (κ2) is 4.27. The van der Waals surface area contributed by atoms with E-state index in [2.05, 4.69) is 5.16 Å². The number of rotatable bonds is 1. The van der Waals surface area contributed by atoms with Crippen molar-refractivity contribution in [3.05, 3.63) is 64.0 Å². The summed E-state index contributed by atoms with van der Waals surface area (Å²) in [7, 11) is 0. The molecule has 3 rings (SSSR count). The highest BCUT2D eigenvalue weighted by Crippen LogP contribution is 2.25. The van der Waals surface area contributed by atoms with Crippen LogP contribution < -0.4 is 5.63 Å². The highest BCUT2D eigenvalue weighted by molar-refractivity contribution is 6.30. The van der Waals surface area contributed by atoms with Gasteiger partial charge in [0.05, 0.1) is 5.39 Å². The number of hydrogen-bond acceptors (Lipinski definition) is 3. The van der Waals surface area contributed by atoms with Gasteiger partial charge in [-0.1, -0.05) is 47.1 Å². The Morgan fingerprint density at radius 1 is 0.944 bits per heavy atom. The van der Waals surface area contributed by atoms with Crippen molar-refractivity contribution >= 4 is 22.4 Å². The minimum Gasteiger partial charge on any atom is -0.312 e. The molecule has 3 aromatic rings. The van der Waals surface area contributed by atoms with Crippen LogP contribution in [0.5, 0.6) is 0 Å². The molecule has 0 atom stereocenters. The number of benzene rings is 2. The van der Waals surface area contributed by atoms with Gasteiger partial charge in [-0.2, -0.15) is 0 Å². The van der Waals surface area contributed by atoms with Crippen molar-refractivity contribution in [2.45, 2.75) is 0 Å². The smallest absolute Gasteiger partial charge is 0.312 e. The first-order valence-corrected chi connectivity index (χ1v) is 5.78. The SMILES string of the molecule is O=c1onc(-c2ccc(Cl)cc2)c2ccccc12. The van der Waals surface area contributed by atoms with E-state index in [1.54, 1.807) is 24.3 Å². The molecule has 0 aliphatic carbocycles. The van der Waals surface area contributed by atoms with Gasteiger partial charge in [0.2, 0.25) is 0 Å². The predicted octanol–water partition coefficient (Wildman–Crippen LogP) is 3.51. The Kier molecular flexibility index (Phi) is 2.61. The molecule has 0 spiro atoms. The van der Waals surface area contributed by atoms with E-state index < -0.39 is 5.63 Å². The molecule has 0 radical (unpaired) electrons. The minimum absolute atomic E-state index is 0.427. The van der Waals surface area contributed by atoms with Gasteiger partial charge in [0.1, 0.15) is 5.69 Å². The lowest BCUT2D eigenvalue weighted by molar-refractivity contribution is 0.380. The summed E-state index contributed by atoms with van der Waals surface area (Å²) in [5.41, 5.74) is 1.07. The highest BCUT2D eigenvalue weighted by Gasteiger charge is 2.09. The van der Waals surface area contributed by atoms with Crippen LogP contribution >= 0.6 is 11.6 Å². The van der Waals surface area contributed by atoms with Gasteiger partial charge in [0.15, 0.2) is 0 Å². The zero-order valence-electron chi connectivity index (χ0n) is 9.26. The number of fused-ring (bicyclic) bond motifs is 1. The van der Waals surface area contributed by atoms with E-state index in [9.17, 15) is 4.79 Å². The molecule has 18 heavy (non-hydrogen) atoms. The van der Waals surface area contributed by atoms with Crippen LogP contribution in [0.15, 0.2) is 57.8 Å². The van der Waals surface area contributed by atoms with E-state index in [1.807, 2.05) is 24.3 Å². The van der Waals surface area contributed by atoms with Crippen LogP contribution in [0.2, 0.25) is 5.02 Å². The molecule has 0 amide bonds. The van der Waals surface area contributed by atoms with Gasteiger partial charge in [-0.3, -0.25) is 0 Å². The van der Waals surface area contributed by atoms with Gasteiger partial charge < -0.3 is 4.52 Å². The van der Waals surface area contributed by atoms with Crippen LogP contribution in [-0.2, 0) is 0 Å². The van der Waals surface area contributed by atoms with Gasteiger partial charge in [0, 0.05) is 16.0 Å². The molecule has 88 valence electrons. The lowest BCUT2D eigenvalue weighted by atomic mass is 10.1. The third-order valence-electron chi connectivity index (χ3n) is 2.74.